The van der Waals surface area contributed by atoms with Crippen LogP contribution < -0.4 is 10.5 Å². The number of fused-ring (bicyclic) bond motifs is 1. The Balaban J connectivity index is 2.10. The molecule has 102 valence electrons. The van der Waals surface area contributed by atoms with Gasteiger partial charge in [-0.2, -0.15) is 0 Å². The van der Waals surface area contributed by atoms with Gasteiger partial charge in [0.2, 0.25) is 5.95 Å². The van der Waals surface area contributed by atoms with Crippen molar-refractivity contribution < 1.29 is 4.74 Å². The predicted octanol–water partition coefficient (Wildman–Crippen LogP) is 3.33. The van der Waals surface area contributed by atoms with E-state index in [-0.39, 0.29) is 0 Å². The molecule has 3 aromatic rings. The molecule has 20 heavy (non-hydrogen) atoms. The Hall–Kier alpha value is -2.20. The number of hydrogen-bond acceptors (Lipinski definition) is 3. The number of nitrogens with zero attached hydrogens (tertiary/aromatic N) is 2. The Kier molecular flexibility index (Phi) is 3.24. The third-order valence-corrected chi connectivity index (χ3v) is 3.46. The number of nitrogens with two attached hydrogens (primary N) is 1. The third-order valence-electron chi connectivity index (χ3n) is 3.22. The van der Waals surface area contributed by atoms with E-state index in [2.05, 4.69) is 4.98 Å². The van der Waals surface area contributed by atoms with E-state index >= 15 is 0 Å². The number of para-hydroxylation sites is 1. The zero-order valence-electron chi connectivity index (χ0n) is 11.0. The molecule has 3 rings (SSSR count). The average Bonchev–Trinajstić information content (AvgIpc) is 2.75. The van der Waals surface area contributed by atoms with Gasteiger partial charge in [0.1, 0.15) is 11.3 Å². The number of halogens is 1. The molecule has 0 radical (unpaired) electrons. The fourth-order valence-corrected chi connectivity index (χ4v) is 2.50. The van der Waals surface area contributed by atoms with Crippen LogP contribution in [-0.4, -0.2) is 16.7 Å². The first-order valence-corrected chi connectivity index (χ1v) is 6.60. The van der Waals surface area contributed by atoms with Crippen molar-refractivity contribution in [2.24, 2.45) is 0 Å². The summed E-state index contributed by atoms with van der Waals surface area (Å²) in [6, 6.07) is 13.5. The normalized spacial score (nSPS) is 10.9. The molecule has 2 aromatic carbocycles. The van der Waals surface area contributed by atoms with Crippen LogP contribution in [0.5, 0.6) is 5.75 Å². The van der Waals surface area contributed by atoms with Crippen LogP contribution in [0.15, 0.2) is 42.5 Å². The van der Waals surface area contributed by atoms with Crippen molar-refractivity contribution >= 4 is 28.6 Å². The average molecular weight is 288 g/mol. The first kappa shape index (κ1) is 12.8. The molecule has 0 aliphatic heterocycles. The second-order valence-electron chi connectivity index (χ2n) is 4.51. The van der Waals surface area contributed by atoms with E-state index in [0.717, 1.165) is 22.3 Å². The van der Waals surface area contributed by atoms with Crippen molar-refractivity contribution in [3.8, 4) is 5.75 Å². The highest BCUT2D eigenvalue weighted by Crippen LogP contribution is 2.27. The van der Waals surface area contributed by atoms with E-state index in [1.807, 2.05) is 47.0 Å². The van der Waals surface area contributed by atoms with Crippen LogP contribution >= 0.6 is 11.6 Å². The van der Waals surface area contributed by atoms with E-state index in [4.69, 9.17) is 22.1 Å². The second kappa shape index (κ2) is 5.06. The number of ether oxygens (including phenoxy) is 1. The standard InChI is InChI=1S/C15H14ClN3O/c1-20-13-7-3-6-12-14(13)18-15(17)19(12)9-10-4-2-5-11(16)8-10/h2-8H,9H2,1H3,(H2,17,18). The lowest BCUT2D eigenvalue weighted by Crippen LogP contribution is -2.04. The smallest absolute Gasteiger partial charge is 0.201 e. The zero-order valence-corrected chi connectivity index (χ0v) is 11.8. The van der Waals surface area contributed by atoms with Crippen molar-refractivity contribution in [2.75, 3.05) is 12.8 Å². The lowest BCUT2D eigenvalue weighted by atomic mass is 10.2. The molecule has 0 fully saturated rings. The molecule has 5 heteroatoms. The van der Waals surface area contributed by atoms with Gasteiger partial charge in [-0.05, 0) is 29.8 Å². The number of imidazole rings is 1. The van der Waals surface area contributed by atoms with E-state index in [1.54, 1.807) is 7.11 Å². The first-order valence-electron chi connectivity index (χ1n) is 6.22. The maximum Gasteiger partial charge on any atom is 0.201 e. The summed E-state index contributed by atoms with van der Waals surface area (Å²) in [5, 5.41) is 0.711. The molecular formula is C15H14ClN3O. The SMILES string of the molecule is COc1cccc2c1nc(N)n2Cc1cccc(Cl)c1. The van der Waals surface area contributed by atoms with Gasteiger partial charge < -0.3 is 15.0 Å². The summed E-state index contributed by atoms with van der Waals surface area (Å²) in [4.78, 5) is 4.39. The number of anilines is 1. The van der Waals surface area contributed by atoms with Crippen molar-refractivity contribution in [2.45, 2.75) is 6.54 Å². The number of aromatic nitrogens is 2. The predicted molar refractivity (Wildman–Crippen MR) is 81.3 cm³/mol. The van der Waals surface area contributed by atoms with Crippen LogP contribution in [0, 0.1) is 0 Å². The van der Waals surface area contributed by atoms with Gasteiger partial charge >= 0.3 is 0 Å². The highest BCUT2D eigenvalue weighted by atomic mass is 35.5. The van der Waals surface area contributed by atoms with Gasteiger partial charge in [-0.15, -0.1) is 0 Å². The fourth-order valence-electron chi connectivity index (χ4n) is 2.29. The summed E-state index contributed by atoms with van der Waals surface area (Å²) >= 11 is 6.01. The Bertz CT molecular complexity index is 767. The summed E-state index contributed by atoms with van der Waals surface area (Å²) < 4.78 is 7.26. The van der Waals surface area contributed by atoms with Crippen LogP contribution in [0.2, 0.25) is 5.02 Å². The molecule has 0 bridgehead atoms. The number of benzene rings is 2. The summed E-state index contributed by atoms with van der Waals surface area (Å²) in [5.74, 6) is 1.18. The summed E-state index contributed by atoms with van der Waals surface area (Å²) in [7, 11) is 1.63. The molecule has 0 aliphatic rings. The van der Waals surface area contributed by atoms with E-state index < -0.39 is 0 Å². The van der Waals surface area contributed by atoms with Gasteiger partial charge in [0.25, 0.3) is 0 Å². The molecule has 0 atom stereocenters. The highest BCUT2D eigenvalue weighted by molar-refractivity contribution is 6.30. The summed E-state index contributed by atoms with van der Waals surface area (Å²) in [6.45, 7) is 0.621. The zero-order chi connectivity index (χ0) is 14.1. The molecule has 4 nitrogen and oxygen atoms in total. The van der Waals surface area contributed by atoms with Crippen LogP contribution in [0.4, 0.5) is 5.95 Å². The van der Waals surface area contributed by atoms with E-state index in [1.165, 1.54) is 0 Å². The first-order chi connectivity index (χ1) is 9.69. The molecular weight excluding hydrogens is 274 g/mol. The maximum absolute atomic E-state index is 6.03. The largest absolute Gasteiger partial charge is 0.494 e. The van der Waals surface area contributed by atoms with Crippen LogP contribution in [0.1, 0.15) is 5.56 Å². The Labute approximate surface area is 121 Å². The topological polar surface area (TPSA) is 53.1 Å². The number of nitrogen functional groups attached to an aromatic ring is 1. The lowest BCUT2D eigenvalue weighted by molar-refractivity contribution is 0.419. The molecule has 0 amide bonds. The van der Waals surface area contributed by atoms with Crippen LogP contribution in [-0.2, 0) is 6.54 Å². The Morgan fingerprint density at radius 3 is 2.80 bits per heavy atom. The number of methoxy groups -OCH3 is 1. The van der Waals surface area contributed by atoms with Gasteiger partial charge in [0, 0.05) is 5.02 Å². The molecule has 2 N–H and O–H groups in total. The van der Waals surface area contributed by atoms with Gasteiger partial charge in [-0.3, -0.25) is 0 Å². The Morgan fingerprint density at radius 1 is 1.25 bits per heavy atom. The van der Waals surface area contributed by atoms with Gasteiger partial charge in [-0.1, -0.05) is 29.8 Å². The van der Waals surface area contributed by atoms with Crippen molar-refractivity contribution in [3.05, 3.63) is 53.1 Å². The molecule has 0 saturated carbocycles. The second-order valence-corrected chi connectivity index (χ2v) is 4.95. The fraction of sp³-hybridized carbons (Fsp3) is 0.133. The minimum absolute atomic E-state index is 0.462. The third kappa shape index (κ3) is 2.18. The van der Waals surface area contributed by atoms with Gasteiger partial charge in [0.05, 0.1) is 19.2 Å². The van der Waals surface area contributed by atoms with E-state index in [9.17, 15) is 0 Å². The molecule has 0 aliphatic carbocycles. The van der Waals surface area contributed by atoms with Crippen molar-refractivity contribution in [1.29, 1.82) is 0 Å². The van der Waals surface area contributed by atoms with Gasteiger partial charge in [0.15, 0.2) is 0 Å². The summed E-state index contributed by atoms with van der Waals surface area (Å²) in [5.41, 5.74) is 8.82. The van der Waals surface area contributed by atoms with Crippen molar-refractivity contribution in [1.82, 2.24) is 9.55 Å². The minimum atomic E-state index is 0.462. The minimum Gasteiger partial charge on any atom is -0.494 e. The monoisotopic (exact) mass is 287 g/mol. The van der Waals surface area contributed by atoms with Crippen LogP contribution in [0.3, 0.4) is 0 Å². The number of rotatable bonds is 3. The molecule has 1 aromatic heterocycles. The highest BCUT2D eigenvalue weighted by Gasteiger charge is 2.12. The molecule has 0 saturated heterocycles. The van der Waals surface area contributed by atoms with Crippen LogP contribution in [0.25, 0.3) is 11.0 Å². The molecule has 0 spiro atoms. The molecule has 1 heterocycles. The quantitative estimate of drug-likeness (QED) is 0.804. The van der Waals surface area contributed by atoms with Crippen molar-refractivity contribution in [3.63, 3.8) is 0 Å². The summed E-state index contributed by atoms with van der Waals surface area (Å²) in [6.07, 6.45) is 0. The molecule has 0 unspecified atom stereocenters. The van der Waals surface area contributed by atoms with Gasteiger partial charge in [-0.25, -0.2) is 4.98 Å². The number of hydrogen-bond donors (Lipinski definition) is 1. The lowest BCUT2D eigenvalue weighted by Gasteiger charge is -2.07. The Morgan fingerprint density at radius 2 is 2.05 bits per heavy atom. The van der Waals surface area contributed by atoms with E-state index in [0.29, 0.717) is 17.5 Å². The maximum atomic E-state index is 6.03.